The maximum Gasteiger partial charge on any atom is 0.338 e. The smallest absolute Gasteiger partial charge is 0.338 e. The molecule has 0 aromatic heterocycles. The van der Waals surface area contributed by atoms with Gasteiger partial charge < -0.3 is 31.5 Å². The largest absolute Gasteiger partial charge is 0.457 e. The molecule has 3 aromatic rings. The minimum atomic E-state index is -1.37. The van der Waals surface area contributed by atoms with E-state index in [0.29, 0.717) is 6.42 Å². The second-order valence-corrected chi connectivity index (χ2v) is 13.5. The highest BCUT2D eigenvalue weighted by atomic mass is 16.5. The van der Waals surface area contributed by atoms with Crippen molar-refractivity contribution in [1.82, 2.24) is 20.9 Å². The summed E-state index contributed by atoms with van der Waals surface area (Å²) in [4.78, 5) is 66.5. The topological polar surface area (TPSA) is 180 Å². The zero-order chi connectivity index (χ0) is 36.3. The van der Waals surface area contributed by atoms with E-state index in [-0.39, 0.29) is 48.2 Å². The lowest BCUT2D eigenvalue weighted by Crippen LogP contribution is -2.57. The molecule has 3 aromatic carbocycles. The number of nitrogens with zero attached hydrogens (tertiary/aromatic N) is 1. The van der Waals surface area contributed by atoms with Crippen molar-refractivity contribution in [2.75, 3.05) is 13.1 Å². The molecule has 1 aliphatic heterocycles. The van der Waals surface area contributed by atoms with Crippen LogP contribution >= 0.6 is 0 Å². The summed E-state index contributed by atoms with van der Waals surface area (Å²) >= 11 is 0. The Labute approximate surface area is 292 Å². The lowest BCUT2D eigenvalue weighted by Gasteiger charge is -2.36. The number of primary amides is 1. The SMILES string of the molecule is CC(C)(C)N1CCC[C@H]1C(=O)NC[C@@H](O)[C@H](Cc1ccccc1)NC(=O)[C@H](CC(N)=O)NC(=O)c1ccc(C(=O)OCc2ccccc2)cc1. The number of nitrogens with two attached hydrogens (primary N) is 1. The molecule has 0 spiro atoms. The van der Waals surface area contributed by atoms with Crippen molar-refractivity contribution in [1.29, 1.82) is 0 Å². The van der Waals surface area contributed by atoms with Crippen molar-refractivity contribution in [2.24, 2.45) is 5.73 Å². The fourth-order valence-electron chi connectivity index (χ4n) is 5.96. The number of hydrogen-bond donors (Lipinski definition) is 5. The number of benzene rings is 3. The minimum Gasteiger partial charge on any atom is -0.457 e. The molecule has 1 aliphatic rings. The molecule has 0 saturated carbocycles. The van der Waals surface area contributed by atoms with E-state index < -0.39 is 48.3 Å². The minimum absolute atomic E-state index is 0.0917. The van der Waals surface area contributed by atoms with Gasteiger partial charge >= 0.3 is 5.97 Å². The van der Waals surface area contributed by atoms with Gasteiger partial charge in [-0.3, -0.25) is 24.1 Å². The average Bonchev–Trinajstić information content (AvgIpc) is 3.61. The summed E-state index contributed by atoms with van der Waals surface area (Å²) in [6.45, 7) is 6.93. The summed E-state index contributed by atoms with van der Waals surface area (Å²) in [6, 6.07) is 21.5. The molecule has 12 nitrogen and oxygen atoms in total. The van der Waals surface area contributed by atoms with Crippen molar-refractivity contribution < 1.29 is 33.8 Å². The van der Waals surface area contributed by atoms with Gasteiger partial charge in [0, 0.05) is 17.6 Å². The van der Waals surface area contributed by atoms with E-state index in [1.165, 1.54) is 24.3 Å². The monoisotopic (exact) mass is 685 g/mol. The highest BCUT2D eigenvalue weighted by Crippen LogP contribution is 2.26. The van der Waals surface area contributed by atoms with Gasteiger partial charge in [-0.05, 0) is 82.0 Å². The number of hydrogen-bond acceptors (Lipinski definition) is 8. The fourth-order valence-corrected chi connectivity index (χ4v) is 5.96. The van der Waals surface area contributed by atoms with Crippen molar-refractivity contribution in [3.63, 3.8) is 0 Å². The zero-order valence-corrected chi connectivity index (χ0v) is 28.8. The van der Waals surface area contributed by atoms with Gasteiger partial charge in [-0.1, -0.05) is 60.7 Å². The molecule has 50 heavy (non-hydrogen) atoms. The number of amides is 4. The Balaban J connectivity index is 1.41. The fraction of sp³-hybridized carbons (Fsp3) is 0.395. The van der Waals surface area contributed by atoms with Crippen LogP contribution in [0, 0.1) is 0 Å². The molecular formula is C38H47N5O7. The Morgan fingerprint density at radius 2 is 1.48 bits per heavy atom. The highest BCUT2D eigenvalue weighted by molar-refractivity contribution is 5.99. The molecule has 0 unspecified atom stereocenters. The molecule has 4 rings (SSSR count). The molecule has 266 valence electrons. The van der Waals surface area contributed by atoms with Crippen LogP contribution in [0.1, 0.15) is 71.9 Å². The van der Waals surface area contributed by atoms with E-state index in [1.54, 1.807) is 0 Å². The predicted molar refractivity (Wildman–Crippen MR) is 188 cm³/mol. The van der Waals surface area contributed by atoms with E-state index >= 15 is 0 Å². The number of aliphatic hydroxyl groups excluding tert-OH is 1. The Kier molecular flexibility index (Phi) is 13.2. The molecule has 0 radical (unpaired) electrons. The van der Waals surface area contributed by atoms with Gasteiger partial charge in [0.15, 0.2) is 0 Å². The van der Waals surface area contributed by atoms with E-state index in [4.69, 9.17) is 10.5 Å². The van der Waals surface area contributed by atoms with Gasteiger partial charge in [0.05, 0.1) is 30.2 Å². The number of carbonyl (C=O) groups excluding carboxylic acids is 5. The summed E-state index contributed by atoms with van der Waals surface area (Å²) in [6.07, 6.45) is 0.102. The highest BCUT2D eigenvalue weighted by Gasteiger charge is 2.37. The third-order valence-electron chi connectivity index (χ3n) is 8.62. The summed E-state index contributed by atoms with van der Waals surface area (Å²) < 4.78 is 5.34. The lowest BCUT2D eigenvalue weighted by molar-refractivity contribution is -0.128. The number of esters is 1. The quantitative estimate of drug-likeness (QED) is 0.151. The molecule has 1 fully saturated rings. The number of likely N-dealkylation sites (tertiary alicyclic amines) is 1. The first-order chi connectivity index (χ1) is 23.8. The van der Waals surface area contributed by atoms with E-state index in [0.717, 1.165) is 24.1 Å². The molecule has 1 heterocycles. The normalized spacial score (nSPS) is 16.4. The van der Waals surface area contributed by atoms with Crippen molar-refractivity contribution in [3.05, 3.63) is 107 Å². The van der Waals surface area contributed by atoms with Gasteiger partial charge in [-0.25, -0.2) is 4.79 Å². The zero-order valence-electron chi connectivity index (χ0n) is 28.8. The third kappa shape index (κ3) is 11.0. The molecule has 0 aliphatic carbocycles. The maximum absolute atomic E-state index is 13.6. The van der Waals surface area contributed by atoms with Crippen molar-refractivity contribution >= 4 is 29.6 Å². The molecule has 12 heteroatoms. The molecule has 4 amide bonds. The number of aliphatic hydroxyl groups is 1. The van der Waals surface area contributed by atoms with Crippen LogP contribution < -0.4 is 21.7 Å². The molecule has 6 N–H and O–H groups in total. The molecular weight excluding hydrogens is 638 g/mol. The van der Waals surface area contributed by atoms with Crippen LogP contribution in [0.2, 0.25) is 0 Å². The van der Waals surface area contributed by atoms with E-state index in [1.807, 2.05) is 60.7 Å². The predicted octanol–water partition coefficient (Wildman–Crippen LogP) is 2.48. The Morgan fingerprint density at radius 1 is 0.880 bits per heavy atom. The van der Waals surface area contributed by atoms with Gasteiger partial charge in [0.1, 0.15) is 12.6 Å². The van der Waals surface area contributed by atoms with Gasteiger partial charge in [0.25, 0.3) is 5.91 Å². The Hall–Kier alpha value is -5.07. The standard InChI is InChI=1S/C38H47N5O7/c1-38(2,3)43-20-10-15-31(43)36(48)40-23-32(44)29(21-25-11-6-4-7-12-25)41-35(47)30(22-33(39)45)42-34(46)27-16-18-28(19-17-27)37(49)50-24-26-13-8-5-9-14-26/h4-9,11-14,16-19,29-32,44H,10,15,20-24H2,1-3H3,(H2,39,45)(H,40,48)(H,41,47)(H,42,46)/t29-,30-,31-,32+/m0/s1. The number of ether oxygens (including phenoxy) is 1. The summed E-state index contributed by atoms with van der Waals surface area (Å²) in [5.74, 6) is -3.01. The lowest BCUT2D eigenvalue weighted by atomic mass is 9.99. The Morgan fingerprint density at radius 3 is 2.08 bits per heavy atom. The first-order valence-electron chi connectivity index (χ1n) is 16.8. The summed E-state index contributed by atoms with van der Waals surface area (Å²) in [7, 11) is 0. The van der Waals surface area contributed by atoms with Crippen LogP contribution in [-0.4, -0.2) is 82.5 Å². The van der Waals surface area contributed by atoms with Crippen molar-refractivity contribution in [3.8, 4) is 0 Å². The molecule has 4 atom stereocenters. The average molecular weight is 686 g/mol. The second kappa shape index (κ2) is 17.5. The number of rotatable bonds is 15. The first kappa shape index (κ1) is 37.7. The third-order valence-corrected chi connectivity index (χ3v) is 8.62. The van der Waals surface area contributed by atoms with Crippen LogP contribution in [0.5, 0.6) is 0 Å². The van der Waals surface area contributed by atoms with Gasteiger partial charge in [-0.2, -0.15) is 0 Å². The summed E-state index contributed by atoms with van der Waals surface area (Å²) in [5, 5.41) is 19.4. The van der Waals surface area contributed by atoms with Crippen LogP contribution in [0.4, 0.5) is 0 Å². The van der Waals surface area contributed by atoms with Crippen molar-refractivity contribution in [2.45, 2.75) is 82.8 Å². The van der Waals surface area contributed by atoms with Gasteiger partial charge in [0.2, 0.25) is 17.7 Å². The second-order valence-electron chi connectivity index (χ2n) is 13.5. The van der Waals surface area contributed by atoms with Crippen LogP contribution in [0.25, 0.3) is 0 Å². The molecule has 1 saturated heterocycles. The number of carbonyl (C=O) groups is 5. The van der Waals surface area contributed by atoms with E-state index in [9.17, 15) is 29.1 Å². The first-order valence-corrected chi connectivity index (χ1v) is 16.8. The van der Waals surface area contributed by atoms with Crippen LogP contribution in [0.3, 0.4) is 0 Å². The van der Waals surface area contributed by atoms with Crippen LogP contribution in [-0.2, 0) is 32.1 Å². The van der Waals surface area contributed by atoms with Gasteiger partial charge in [-0.15, -0.1) is 0 Å². The summed E-state index contributed by atoms with van der Waals surface area (Å²) in [5.41, 5.74) is 7.25. The Bertz CT molecular complexity index is 1610. The maximum atomic E-state index is 13.6. The van der Waals surface area contributed by atoms with Crippen LogP contribution in [0.15, 0.2) is 84.9 Å². The van der Waals surface area contributed by atoms with E-state index in [2.05, 4.69) is 41.6 Å². The number of nitrogens with one attached hydrogen (secondary N) is 3. The molecule has 0 bridgehead atoms.